The van der Waals surface area contributed by atoms with Crippen LogP contribution in [0.1, 0.15) is 68.2 Å². The lowest BCUT2D eigenvalue weighted by molar-refractivity contribution is -0.146. The van der Waals surface area contributed by atoms with E-state index in [2.05, 4.69) is 30.9 Å². The summed E-state index contributed by atoms with van der Waals surface area (Å²) >= 11 is 0. The van der Waals surface area contributed by atoms with Gasteiger partial charge in [0.1, 0.15) is 0 Å². The topological polar surface area (TPSA) is 42.0 Å². The zero-order valence-electron chi connectivity index (χ0n) is 24.3. The fraction of sp³-hybridized carbons (Fsp3) is 0.606. The molecule has 0 unspecified atom stereocenters. The number of carbonyl (C=O) groups is 1. The number of hydrogen-bond acceptors (Lipinski definition) is 4. The number of benzene rings is 2. The van der Waals surface area contributed by atoms with Crippen LogP contribution in [0, 0.1) is 11.3 Å². The molecule has 2 heterocycles. The molecule has 0 spiro atoms. The smallest absolute Gasteiger partial charge is 0.381 e. The Bertz CT molecular complexity index is 1170. The number of halogens is 3. The van der Waals surface area contributed by atoms with Gasteiger partial charge in [-0.25, -0.2) is 0 Å². The van der Waals surface area contributed by atoms with Crippen LogP contribution in [-0.4, -0.2) is 60.7 Å². The van der Waals surface area contributed by atoms with Crippen LogP contribution in [0.3, 0.4) is 0 Å². The first kappa shape index (κ1) is 30.1. The number of hydrogen-bond donors (Lipinski definition) is 0. The van der Waals surface area contributed by atoms with Crippen molar-refractivity contribution in [1.29, 1.82) is 0 Å². The highest BCUT2D eigenvalue weighted by Gasteiger charge is 2.51. The molecular formula is C33H43F3N2O3. The van der Waals surface area contributed by atoms with Crippen molar-refractivity contribution >= 4 is 5.91 Å². The molecule has 2 atom stereocenters. The van der Waals surface area contributed by atoms with E-state index in [1.54, 1.807) is 6.07 Å². The highest BCUT2D eigenvalue weighted by Crippen LogP contribution is 2.48. The molecule has 2 aromatic rings. The Hall–Kier alpha value is -2.42. The number of nitrogens with zero attached hydrogens (tertiary/aromatic N) is 2. The van der Waals surface area contributed by atoms with Crippen LogP contribution >= 0.6 is 0 Å². The zero-order valence-corrected chi connectivity index (χ0v) is 24.3. The Morgan fingerprint density at radius 1 is 1.07 bits per heavy atom. The summed E-state index contributed by atoms with van der Waals surface area (Å²) in [5.41, 5.74) is 1.52. The van der Waals surface area contributed by atoms with Crippen molar-refractivity contribution in [3.8, 4) is 0 Å². The first-order valence-corrected chi connectivity index (χ1v) is 15.1. The summed E-state index contributed by atoms with van der Waals surface area (Å²) in [6, 6.07) is 14.8. The molecule has 5 nitrogen and oxygen atoms in total. The van der Waals surface area contributed by atoms with Gasteiger partial charge in [-0.05, 0) is 73.3 Å². The van der Waals surface area contributed by atoms with Crippen LogP contribution in [0.5, 0.6) is 0 Å². The minimum absolute atomic E-state index is 0.102. The summed E-state index contributed by atoms with van der Waals surface area (Å²) in [5.74, 6) is 0.235. The molecule has 0 aromatic heterocycles. The minimum Gasteiger partial charge on any atom is -0.381 e. The van der Waals surface area contributed by atoms with E-state index < -0.39 is 17.2 Å². The predicted octanol–water partition coefficient (Wildman–Crippen LogP) is 6.48. The molecule has 1 saturated carbocycles. The molecule has 2 fully saturated rings. The summed E-state index contributed by atoms with van der Waals surface area (Å²) in [6.45, 7) is 8.55. The maximum atomic E-state index is 14.3. The fourth-order valence-electron chi connectivity index (χ4n) is 7.13. The molecule has 41 heavy (non-hydrogen) atoms. The van der Waals surface area contributed by atoms with E-state index >= 15 is 0 Å². The van der Waals surface area contributed by atoms with E-state index in [0.717, 1.165) is 69.1 Å². The lowest BCUT2D eigenvalue weighted by Gasteiger charge is -2.42. The summed E-state index contributed by atoms with van der Waals surface area (Å²) in [4.78, 5) is 18.7. The number of rotatable bonds is 9. The van der Waals surface area contributed by atoms with Crippen molar-refractivity contribution < 1.29 is 27.4 Å². The van der Waals surface area contributed by atoms with Gasteiger partial charge in [0.15, 0.2) is 0 Å². The van der Waals surface area contributed by atoms with Gasteiger partial charge in [-0.1, -0.05) is 50.2 Å². The van der Waals surface area contributed by atoms with Gasteiger partial charge >= 0.3 is 6.18 Å². The fourth-order valence-corrected chi connectivity index (χ4v) is 7.13. The van der Waals surface area contributed by atoms with Crippen molar-refractivity contribution in [2.75, 3.05) is 32.9 Å². The quantitative estimate of drug-likeness (QED) is 0.323. The third kappa shape index (κ3) is 6.81. The number of carbonyl (C=O) groups excluding carboxylic acids is 1. The summed E-state index contributed by atoms with van der Waals surface area (Å²) in [6.07, 6.45) is 0.644. The van der Waals surface area contributed by atoms with Crippen molar-refractivity contribution in [2.45, 2.75) is 83.8 Å². The average Bonchev–Trinajstić information content (AvgIpc) is 3.43. The molecule has 1 amide bonds. The maximum Gasteiger partial charge on any atom is 0.416 e. The number of fused-ring (bicyclic) bond motifs is 1. The Morgan fingerprint density at radius 2 is 1.83 bits per heavy atom. The van der Waals surface area contributed by atoms with Gasteiger partial charge in [0.2, 0.25) is 5.91 Å². The number of alkyl halides is 3. The van der Waals surface area contributed by atoms with Gasteiger partial charge in [-0.3, -0.25) is 9.69 Å². The molecule has 8 heteroatoms. The lowest BCUT2D eigenvalue weighted by atomic mass is 9.73. The third-order valence-electron chi connectivity index (χ3n) is 9.62. The Kier molecular flexibility index (Phi) is 9.41. The second kappa shape index (κ2) is 12.8. The first-order chi connectivity index (χ1) is 19.7. The SMILES string of the molecule is CC(C)[C@]1(C(=O)N2CCc3ccc(C(F)(F)F)cc3C2)CC[C@@H](N(CCOCc2ccccc2)C2CCOCC2)C1. The van der Waals surface area contributed by atoms with Crippen LogP contribution in [0.15, 0.2) is 48.5 Å². The van der Waals surface area contributed by atoms with Gasteiger partial charge in [-0.2, -0.15) is 13.2 Å². The molecule has 1 aliphatic carbocycles. The molecule has 224 valence electrons. The zero-order chi connectivity index (χ0) is 29.0. The summed E-state index contributed by atoms with van der Waals surface area (Å²) in [7, 11) is 0. The van der Waals surface area contributed by atoms with Gasteiger partial charge < -0.3 is 14.4 Å². The molecule has 2 aromatic carbocycles. The van der Waals surface area contributed by atoms with E-state index in [9.17, 15) is 18.0 Å². The Balaban J connectivity index is 1.28. The summed E-state index contributed by atoms with van der Waals surface area (Å²) < 4.78 is 51.9. The maximum absolute atomic E-state index is 14.3. The van der Waals surface area contributed by atoms with Crippen molar-refractivity contribution in [1.82, 2.24) is 9.80 Å². The van der Waals surface area contributed by atoms with E-state index in [1.807, 2.05) is 23.1 Å². The number of amides is 1. The van der Waals surface area contributed by atoms with Gasteiger partial charge in [0.25, 0.3) is 0 Å². The molecular weight excluding hydrogens is 529 g/mol. The Labute approximate surface area is 242 Å². The highest BCUT2D eigenvalue weighted by molar-refractivity contribution is 5.84. The second-order valence-electron chi connectivity index (χ2n) is 12.3. The molecule has 3 aliphatic rings. The highest BCUT2D eigenvalue weighted by atomic mass is 19.4. The Morgan fingerprint density at radius 3 is 2.54 bits per heavy atom. The van der Waals surface area contributed by atoms with E-state index in [-0.39, 0.29) is 24.4 Å². The van der Waals surface area contributed by atoms with Crippen molar-refractivity contribution in [3.63, 3.8) is 0 Å². The van der Waals surface area contributed by atoms with Crippen LogP contribution in [0.25, 0.3) is 0 Å². The van der Waals surface area contributed by atoms with Crippen LogP contribution < -0.4 is 0 Å². The molecule has 2 aliphatic heterocycles. The normalized spacial score (nSPS) is 23.8. The summed E-state index contributed by atoms with van der Waals surface area (Å²) in [5, 5.41) is 0. The van der Waals surface area contributed by atoms with Crippen LogP contribution in [-0.2, 0) is 40.0 Å². The molecule has 5 rings (SSSR count). The third-order valence-corrected chi connectivity index (χ3v) is 9.62. The first-order valence-electron chi connectivity index (χ1n) is 15.1. The largest absolute Gasteiger partial charge is 0.416 e. The van der Waals surface area contributed by atoms with Crippen molar-refractivity contribution in [2.24, 2.45) is 11.3 Å². The molecule has 0 N–H and O–H groups in total. The molecule has 0 bridgehead atoms. The van der Waals surface area contributed by atoms with E-state index in [0.29, 0.717) is 37.8 Å². The minimum atomic E-state index is -4.39. The average molecular weight is 573 g/mol. The van der Waals surface area contributed by atoms with Gasteiger partial charge in [0.05, 0.1) is 24.2 Å². The van der Waals surface area contributed by atoms with E-state index in [1.165, 1.54) is 6.07 Å². The molecule has 1 saturated heterocycles. The lowest BCUT2D eigenvalue weighted by Crippen LogP contribution is -2.50. The molecule has 0 radical (unpaired) electrons. The predicted molar refractivity (Wildman–Crippen MR) is 152 cm³/mol. The van der Waals surface area contributed by atoms with Crippen molar-refractivity contribution in [3.05, 3.63) is 70.8 Å². The standard InChI is InChI=1S/C33H43F3N2O3/c1-24(2)32(31(39)37-15-11-26-8-9-28(33(34,35)36)20-27(26)22-37)14-10-30(21-32)38(29-12-17-40-18-13-29)16-19-41-23-25-6-4-3-5-7-25/h3-9,20,24,29-30H,10-19,21-23H2,1-2H3/t30-,32+/m1/s1. The van der Waals surface area contributed by atoms with Crippen LogP contribution in [0.2, 0.25) is 0 Å². The van der Waals surface area contributed by atoms with Crippen LogP contribution in [0.4, 0.5) is 13.2 Å². The van der Waals surface area contributed by atoms with Gasteiger partial charge in [0, 0.05) is 44.9 Å². The van der Waals surface area contributed by atoms with Gasteiger partial charge in [-0.15, -0.1) is 0 Å². The second-order valence-corrected chi connectivity index (χ2v) is 12.3. The number of ether oxygens (including phenoxy) is 2. The monoisotopic (exact) mass is 572 g/mol. The van der Waals surface area contributed by atoms with E-state index in [4.69, 9.17) is 9.47 Å².